The van der Waals surface area contributed by atoms with Crippen molar-refractivity contribution in [2.45, 2.75) is 0 Å². The first-order valence-electron chi connectivity index (χ1n) is 0. The van der Waals surface area contributed by atoms with Gasteiger partial charge in [0.1, 0.15) is 0 Å². The molecule has 64 valence electrons. The largest absolute Gasteiger partial charge is 1.00 e. The van der Waals surface area contributed by atoms with Crippen molar-refractivity contribution in [2.24, 2.45) is 0 Å². The number of halogens is 4. The average Bonchev–Trinajstić information content (AvgIpc) is 0. The fraction of sp³-hybridized carbons (Fsp3) is 0. The van der Waals surface area contributed by atoms with Gasteiger partial charge in [-0.25, -0.2) is 0 Å². The highest BCUT2D eigenvalue weighted by Crippen LogP contribution is -0.478. The molecule has 0 bridgehead atoms. The lowest BCUT2D eigenvalue weighted by molar-refractivity contribution is -0.00100. The van der Waals surface area contributed by atoms with Gasteiger partial charge in [-0.3, -0.25) is 0 Å². The molecule has 0 amide bonds. The predicted molar refractivity (Wildman–Crippen MR) is 23.9 cm³/mol. The van der Waals surface area contributed by atoms with E-state index < -0.39 is 0 Å². The highest BCUT2D eigenvalue weighted by Gasteiger charge is -0.366. The van der Waals surface area contributed by atoms with Crippen molar-refractivity contribution in [1.82, 2.24) is 24.6 Å². The molecular weight excluding hydrogens is 564 g/mol. The summed E-state index contributed by atoms with van der Waals surface area (Å²) in [6.45, 7) is 0. The van der Waals surface area contributed by atoms with E-state index in [0.717, 1.165) is 0 Å². The molecule has 0 aliphatic carbocycles. The van der Waals surface area contributed by atoms with Crippen LogP contribution < -0.4 is 121 Å². The van der Waals surface area contributed by atoms with Crippen LogP contribution in [-0.4, -0.2) is 0 Å². The van der Waals surface area contributed by atoms with Gasteiger partial charge in [0, 0.05) is 0 Å². The van der Waals surface area contributed by atoms with E-state index in [1.165, 1.54) is 0 Å². The van der Waals surface area contributed by atoms with E-state index in [9.17, 15) is 0 Å². The second kappa shape index (κ2) is 98.3. The Morgan fingerprint density at radius 2 is 0.250 bits per heavy atom. The third-order valence-electron chi connectivity index (χ3n) is 0. The molecule has 0 aliphatic rings. The van der Waals surface area contributed by atoms with E-state index in [1.54, 1.807) is 0 Å². The summed E-state index contributed by atoms with van der Waals surface area (Å²) in [6, 6.07) is 0. The zero-order chi connectivity index (χ0) is 0. The van der Waals surface area contributed by atoms with Gasteiger partial charge in [-0.1, -0.05) is 0 Å². The van der Waals surface area contributed by atoms with Crippen LogP contribution in [0.4, 0.5) is 0 Å². The fourth-order valence-corrected chi connectivity index (χ4v) is 0. The lowest BCUT2D eigenvalue weighted by atomic mass is 14.0. The van der Waals surface area contributed by atoms with Crippen molar-refractivity contribution in [2.75, 3.05) is 0 Å². The molecule has 0 unspecified atom stereocenters. The summed E-state index contributed by atoms with van der Waals surface area (Å²) in [6.07, 6.45) is 0. The normalized spacial score (nSPS) is 0. The zero-order valence-electron chi connectivity index (χ0n) is 5.51. The molecule has 0 fully saturated rings. The van der Waals surface area contributed by atoms with Crippen LogP contribution in [0, 0.1) is 0 Å². The molecule has 0 aromatic heterocycles. The van der Waals surface area contributed by atoms with E-state index in [0.29, 0.717) is 0 Å². The van der Waals surface area contributed by atoms with Crippen molar-refractivity contribution >= 4 is 0 Å². The molecule has 4 nitrogen and oxygen atoms in total. The molecule has 0 aliphatic heterocycles. The van der Waals surface area contributed by atoms with Crippen LogP contribution in [0.5, 0.6) is 0 Å². The Balaban J connectivity index is 0. The Bertz CT molecular complexity index is 8.00. The summed E-state index contributed by atoms with van der Waals surface area (Å²) in [5.41, 5.74) is 0. The van der Waals surface area contributed by atoms with Crippen LogP contribution in [0.1, 0.15) is 0 Å². The minimum absolute atomic E-state index is 0. The smallest absolute Gasteiger partial charge is 0.369 e. The molecule has 0 aromatic carbocycles. The Labute approximate surface area is 118 Å². The molecule has 0 heterocycles. The molecule has 0 saturated carbocycles. The Morgan fingerprint density at radius 3 is 0.250 bits per heavy atom. The second-order valence-electron chi connectivity index (χ2n) is 0. The van der Waals surface area contributed by atoms with Crippen LogP contribution >= 0.6 is 0 Å². The maximum Gasteiger partial charge on any atom is -0.369 e. The van der Waals surface area contributed by atoms with E-state index in [4.69, 9.17) is 0 Å². The van der Waals surface area contributed by atoms with Gasteiger partial charge in [0.05, 0.1) is 0 Å². The predicted octanol–water partition coefficient (Wildman–Crippen LogP) is -10.5. The Hall–Kier alpha value is 2.76. The third kappa shape index (κ3) is 69.2. The van der Waals surface area contributed by atoms with E-state index in [1.807, 2.05) is 0 Å². The summed E-state index contributed by atoms with van der Waals surface area (Å²) in [5, 5.41) is 0. The first kappa shape index (κ1) is 135. The third-order valence-corrected chi connectivity index (χ3v) is 0. The van der Waals surface area contributed by atoms with Crippen molar-refractivity contribution in [3.63, 3.8) is 0 Å². The minimum atomic E-state index is 0. The summed E-state index contributed by atoms with van der Waals surface area (Å²) < 4.78 is 0. The van der Waals surface area contributed by atoms with Gasteiger partial charge in [0.15, 0.2) is 0 Å². The van der Waals surface area contributed by atoms with Gasteiger partial charge in [-0.05, 0) is 0 Å². The van der Waals surface area contributed by atoms with Gasteiger partial charge in [-0.15, -0.1) is 0 Å². The molecule has 0 radical (unpaired) electrons. The highest BCUT2D eigenvalue weighted by atomic mass is 127. The van der Waals surface area contributed by atoms with Gasteiger partial charge in [0.2, 0.25) is 0 Å². The number of rotatable bonds is 0. The molecule has 16 N–H and O–H groups in total. The monoisotopic (exact) mass is 580 g/mol. The van der Waals surface area contributed by atoms with Gasteiger partial charge < -0.3 is 121 Å². The molecule has 0 atom stereocenters. The fourth-order valence-electron chi connectivity index (χ4n) is 0. The Kier molecular flexibility index (Phi) is 1650. The standard InChI is InChI=1S/4HI.4H3N/h4*1H;4*1H3. The first-order chi connectivity index (χ1) is 0. The van der Waals surface area contributed by atoms with Crippen LogP contribution in [0.15, 0.2) is 0 Å². The van der Waals surface area contributed by atoms with Crippen LogP contribution in [-0.2, 0) is 0 Å². The molecule has 0 rings (SSSR count). The molecular formula is H16I4N4. The summed E-state index contributed by atoms with van der Waals surface area (Å²) in [5.74, 6) is 0. The maximum absolute atomic E-state index is 0. The molecule has 0 spiro atoms. The summed E-state index contributed by atoms with van der Waals surface area (Å²) >= 11 is 0. The molecule has 8 heteroatoms. The van der Waals surface area contributed by atoms with Crippen molar-refractivity contribution in [3.8, 4) is 0 Å². The number of hydrogen-bond acceptors (Lipinski definition) is 0. The van der Waals surface area contributed by atoms with E-state index in [-0.39, 0.29) is 121 Å². The van der Waals surface area contributed by atoms with Gasteiger partial charge in [0.25, 0.3) is 0 Å². The first-order valence-corrected chi connectivity index (χ1v) is 0. The van der Waals surface area contributed by atoms with E-state index >= 15 is 0 Å². The van der Waals surface area contributed by atoms with Gasteiger partial charge >= 0.3 is 0 Å². The van der Waals surface area contributed by atoms with Crippen LogP contribution in [0.25, 0.3) is 0 Å². The minimum Gasteiger partial charge on any atom is -1.00 e. The van der Waals surface area contributed by atoms with Crippen LogP contribution in [0.2, 0.25) is 0 Å². The van der Waals surface area contributed by atoms with Crippen LogP contribution in [0.3, 0.4) is 0 Å². The molecule has 0 aromatic rings. The topological polar surface area (TPSA) is 146 Å². The van der Waals surface area contributed by atoms with Crippen molar-refractivity contribution in [1.29, 1.82) is 0 Å². The van der Waals surface area contributed by atoms with Gasteiger partial charge in [-0.2, -0.15) is 0 Å². The second-order valence-corrected chi connectivity index (χ2v) is 0. The quantitative estimate of drug-likeness (QED) is 0.202. The lowest BCUT2D eigenvalue weighted by Gasteiger charge is -1.00. The lowest BCUT2D eigenvalue weighted by Crippen LogP contribution is -3.00. The SMILES string of the molecule is [I-].[I-].[I-].[I-].[NH4+].[NH4+].[NH4+].[NH4+]. The van der Waals surface area contributed by atoms with Crippen molar-refractivity contribution < 1.29 is 95.9 Å². The molecule has 0 saturated heterocycles. The number of quaternary nitrogens is 4. The zero-order valence-corrected chi connectivity index (χ0v) is 14.1. The van der Waals surface area contributed by atoms with E-state index in [2.05, 4.69) is 0 Å². The van der Waals surface area contributed by atoms with Crippen molar-refractivity contribution in [3.05, 3.63) is 0 Å². The highest BCUT2D eigenvalue weighted by molar-refractivity contribution is 2.14. The molecule has 8 heavy (non-hydrogen) atoms. The maximum atomic E-state index is 0. The Morgan fingerprint density at radius 1 is 0.250 bits per heavy atom. The summed E-state index contributed by atoms with van der Waals surface area (Å²) in [7, 11) is 0. The average molecular weight is 580 g/mol. The number of hydrogen-bond donors (Lipinski definition) is 4. The summed E-state index contributed by atoms with van der Waals surface area (Å²) in [4.78, 5) is 0.